The molecule has 0 aromatic heterocycles. The lowest BCUT2D eigenvalue weighted by Gasteiger charge is -2.14. The lowest BCUT2D eigenvalue weighted by Crippen LogP contribution is -2.09. The van der Waals surface area contributed by atoms with Gasteiger partial charge in [-0.05, 0) is 31.2 Å². The van der Waals surface area contributed by atoms with Crippen LogP contribution in [0.25, 0.3) is 0 Å². The fraction of sp³-hybridized carbons (Fsp3) is 0.632. The average Bonchev–Trinajstić information content (AvgIpc) is 2.53. The summed E-state index contributed by atoms with van der Waals surface area (Å²) in [5.41, 5.74) is 1.30. The minimum atomic E-state index is -0.0488. The Kier molecular flexibility index (Phi) is 14.5. The predicted molar refractivity (Wildman–Crippen MR) is 104 cm³/mol. The van der Waals surface area contributed by atoms with Crippen molar-refractivity contribution in [3.8, 4) is 0 Å². The second-order valence-corrected chi connectivity index (χ2v) is 7.04. The van der Waals surface area contributed by atoms with Crippen LogP contribution < -0.4 is 0 Å². The third kappa shape index (κ3) is 11.5. The first kappa shape index (κ1) is 22.3. The van der Waals surface area contributed by atoms with Crippen molar-refractivity contribution < 1.29 is 9.53 Å². The Labute approximate surface area is 152 Å². The fourth-order valence-electron chi connectivity index (χ4n) is 2.44. The molecular formula is C19H31ClO2S. The fourth-order valence-corrected chi connectivity index (χ4v) is 3.87. The summed E-state index contributed by atoms with van der Waals surface area (Å²) in [4.78, 5) is 11.7. The number of aryl methyl sites for hydroxylation is 1. The molecule has 1 aromatic carbocycles. The molecule has 0 aliphatic heterocycles. The van der Waals surface area contributed by atoms with Crippen molar-refractivity contribution in [2.45, 2.75) is 64.0 Å². The van der Waals surface area contributed by atoms with E-state index in [1.54, 1.807) is 0 Å². The van der Waals surface area contributed by atoms with Gasteiger partial charge in [-0.15, -0.1) is 12.4 Å². The number of esters is 1. The molecule has 0 bridgehead atoms. The van der Waals surface area contributed by atoms with Crippen molar-refractivity contribution in [1.29, 1.82) is 0 Å². The van der Waals surface area contributed by atoms with E-state index in [9.17, 15) is 4.79 Å². The van der Waals surface area contributed by atoms with Crippen molar-refractivity contribution in [1.82, 2.24) is 0 Å². The predicted octanol–water partition coefficient (Wildman–Crippen LogP) is 5.68. The van der Waals surface area contributed by atoms with Crippen molar-refractivity contribution in [3.63, 3.8) is 0 Å². The highest BCUT2D eigenvalue weighted by Gasteiger charge is 2.09. The summed E-state index contributed by atoms with van der Waals surface area (Å²) in [6.07, 6.45) is 7.37. The van der Waals surface area contributed by atoms with E-state index in [2.05, 4.69) is 26.0 Å². The van der Waals surface area contributed by atoms with Crippen LogP contribution in [0.5, 0.6) is 0 Å². The van der Waals surface area contributed by atoms with E-state index in [0.717, 1.165) is 18.6 Å². The van der Waals surface area contributed by atoms with Crippen molar-refractivity contribution in [3.05, 3.63) is 35.9 Å². The van der Waals surface area contributed by atoms with Crippen LogP contribution in [-0.4, -0.2) is 23.6 Å². The monoisotopic (exact) mass is 358 g/mol. The third-order valence-electron chi connectivity index (χ3n) is 3.60. The van der Waals surface area contributed by atoms with Crippen LogP contribution in [0.3, 0.4) is 0 Å². The van der Waals surface area contributed by atoms with Crippen molar-refractivity contribution in [2.75, 3.05) is 12.4 Å². The number of thioether (sulfide) groups is 1. The number of ether oxygens (including phenoxy) is 1. The summed E-state index contributed by atoms with van der Waals surface area (Å²) >= 11 is 1.93. The molecule has 0 fully saturated rings. The second-order valence-electron chi connectivity index (χ2n) is 5.63. The van der Waals surface area contributed by atoms with Gasteiger partial charge in [0.1, 0.15) is 0 Å². The standard InChI is InChI=1S/C19H30O2S.ClH/c1-3-9-18(10-4-2)22-16-14-19(20)21-15-8-13-17-11-6-5-7-12-17;/h5-7,11-12,18H,3-4,8-10,13-16H2,1-2H3;1H. The highest BCUT2D eigenvalue weighted by molar-refractivity contribution is 7.99. The molecule has 0 atom stereocenters. The van der Waals surface area contributed by atoms with Crippen LogP contribution in [0.4, 0.5) is 0 Å². The zero-order valence-electron chi connectivity index (χ0n) is 14.5. The molecule has 23 heavy (non-hydrogen) atoms. The summed E-state index contributed by atoms with van der Waals surface area (Å²) in [5, 5.41) is 0.709. The van der Waals surface area contributed by atoms with Gasteiger partial charge < -0.3 is 4.74 Å². The van der Waals surface area contributed by atoms with E-state index in [1.165, 1.54) is 31.2 Å². The third-order valence-corrected chi connectivity index (χ3v) is 4.98. The summed E-state index contributed by atoms with van der Waals surface area (Å²) in [5.74, 6) is 0.842. The smallest absolute Gasteiger partial charge is 0.306 e. The Bertz CT molecular complexity index is 392. The number of carbonyl (C=O) groups is 1. The molecule has 0 heterocycles. The zero-order chi connectivity index (χ0) is 16.0. The highest BCUT2D eigenvalue weighted by atomic mass is 35.5. The number of halogens is 1. The van der Waals surface area contributed by atoms with Crippen molar-refractivity contribution >= 4 is 30.1 Å². The minimum absolute atomic E-state index is 0. The van der Waals surface area contributed by atoms with Crippen LogP contribution in [-0.2, 0) is 16.0 Å². The molecular weight excluding hydrogens is 328 g/mol. The number of benzene rings is 1. The van der Waals surface area contributed by atoms with E-state index < -0.39 is 0 Å². The van der Waals surface area contributed by atoms with E-state index >= 15 is 0 Å². The zero-order valence-corrected chi connectivity index (χ0v) is 16.1. The Morgan fingerprint density at radius 1 is 1.13 bits per heavy atom. The van der Waals surface area contributed by atoms with E-state index in [4.69, 9.17) is 4.74 Å². The van der Waals surface area contributed by atoms with Gasteiger partial charge >= 0.3 is 5.97 Å². The quantitative estimate of drug-likeness (QED) is 0.355. The van der Waals surface area contributed by atoms with E-state index in [-0.39, 0.29) is 18.4 Å². The van der Waals surface area contributed by atoms with E-state index in [0.29, 0.717) is 18.3 Å². The number of hydrogen-bond acceptors (Lipinski definition) is 3. The van der Waals surface area contributed by atoms with Gasteiger partial charge in [0.25, 0.3) is 0 Å². The molecule has 0 radical (unpaired) electrons. The molecule has 0 saturated carbocycles. The topological polar surface area (TPSA) is 26.3 Å². The van der Waals surface area contributed by atoms with Crippen LogP contribution in [0.15, 0.2) is 30.3 Å². The largest absolute Gasteiger partial charge is 0.466 e. The van der Waals surface area contributed by atoms with Gasteiger partial charge in [-0.3, -0.25) is 4.79 Å². The van der Waals surface area contributed by atoms with Gasteiger partial charge in [-0.1, -0.05) is 57.0 Å². The molecule has 4 heteroatoms. The Morgan fingerprint density at radius 3 is 2.39 bits per heavy atom. The van der Waals surface area contributed by atoms with Crippen LogP contribution in [0.1, 0.15) is 57.9 Å². The van der Waals surface area contributed by atoms with Crippen LogP contribution >= 0.6 is 24.2 Å². The summed E-state index contributed by atoms with van der Waals surface area (Å²) in [6, 6.07) is 10.3. The maximum absolute atomic E-state index is 11.7. The lowest BCUT2D eigenvalue weighted by atomic mass is 10.1. The summed E-state index contributed by atoms with van der Waals surface area (Å²) < 4.78 is 5.31. The van der Waals surface area contributed by atoms with Gasteiger partial charge in [0.05, 0.1) is 13.0 Å². The van der Waals surface area contributed by atoms with Crippen LogP contribution in [0, 0.1) is 0 Å². The first-order chi connectivity index (χ1) is 10.8. The minimum Gasteiger partial charge on any atom is -0.466 e. The number of carbonyl (C=O) groups excluding carboxylic acids is 1. The average molecular weight is 359 g/mol. The molecule has 1 rings (SSSR count). The molecule has 132 valence electrons. The number of rotatable bonds is 12. The van der Waals surface area contributed by atoms with Gasteiger partial charge in [-0.2, -0.15) is 11.8 Å². The summed E-state index contributed by atoms with van der Waals surface area (Å²) in [6.45, 7) is 4.99. The first-order valence-electron chi connectivity index (χ1n) is 8.57. The SMILES string of the molecule is CCCC(CCC)SCCC(=O)OCCCc1ccccc1.Cl. The number of hydrogen-bond donors (Lipinski definition) is 0. The molecule has 2 nitrogen and oxygen atoms in total. The van der Waals surface area contributed by atoms with Gasteiger partial charge in [-0.25, -0.2) is 0 Å². The van der Waals surface area contributed by atoms with Crippen LogP contribution in [0.2, 0.25) is 0 Å². The molecule has 0 N–H and O–H groups in total. The Balaban J connectivity index is 0.00000484. The molecule has 0 saturated heterocycles. The molecule has 0 unspecified atom stereocenters. The molecule has 1 aromatic rings. The van der Waals surface area contributed by atoms with Gasteiger partial charge in [0, 0.05) is 11.0 Å². The van der Waals surface area contributed by atoms with Gasteiger partial charge in [0.15, 0.2) is 0 Å². The maximum atomic E-state index is 11.7. The normalized spacial score (nSPS) is 10.4. The second kappa shape index (κ2) is 14.9. The van der Waals surface area contributed by atoms with Gasteiger partial charge in [0.2, 0.25) is 0 Å². The Morgan fingerprint density at radius 2 is 1.78 bits per heavy atom. The molecule has 0 aliphatic rings. The molecule has 0 aliphatic carbocycles. The molecule has 0 amide bonds. The van der Waals surface area contributed by atoms with Crippen molar-refractivity contribution in [2.24, 2.45) is 0 Å². The highest BCUT2D eigenvalue weighted by Crippen LogP contribution is 2.22. The lowest BCUT2D eigenvalue weighted by molar-refractivity contribution is -0.143. The summed E-state index contributed by atoms with van der Waals surface area (Å²) in [7, 11) is 0. The van der Waals surface area contributed by atoms with E-state index in [1.807, 2.05) is 30.0 Å². The first-order valence-corrected chi connectivity index (χ1v) is 9.62. The molecule has 0 spiro atoms. The Hall–Kier alpha value is -0.670. The maximum Gasteiger partial charge on any atom is 0.306 e.